The second-order valence-corrected chi connectivity index (χ2v) is 14.2. The van der Waals surface area contributed by atoms with Gasteiger partial charge in [0.1, 0.15) is 6.10 Å². The molecule has 262 valence electrons. The smallest absolute Gasteiger partial charge is 0.334 e. The molecular weight excluding hydrogens is 572 g/mol. The van der Waals surface area contributed by atoms with Crippen molar-refractivity contribution in [1.82, 2.24) is 0 Å². The van der Waals surface area contributed by atoms with Crippen molar-refractivity contribution in [1.29, 1.82) is 0 Å². The number of cyclic esters (lactones) is 1. The third-order valence-electron chi connectivity index (χ3n) is 10.1. The largest absolute Gasteiger partial charge is 0.455 e. The van der Waals surface area contributed by atoms with E-state index in [-0.39, 0.29) is 42.6 Å². The quantitative estimate of drug-likeness (QED) is 0.0634. The molecule has 0 radical (unpaired) electrons. The fourth-order valence-electron chi connectivity index (χ4n) is 7.36. The van der Waals surface area contributed by atoms with Gasteiger partial charge in [-0.1, -0.05) is 90.4 Å². The molecule has 8 heteroatoms. The zero-order valence-electron chi connectivity index (χ0n) is 28.5. The van der Waals surface area contributed by atoms with Gasteiger partial charge in [-0.25, -0.2) is 4.79 Å². The summed E-state index contributed by atoms with van der Waals surface area (Å²) in [5.74, 6) is -0.285. The first-order valence-electron chi connectivity index (χ1n) is 18.7. The van der Waals surface area contributed by atoms with E-state index in [2.05, 4.69) is 6.92 Å². The normalized spacial score (nSPS) is 27.8. The van der Waals surface area contributed by atoms with Gasteiger partial charge in [0.2, 0.25) is 0 Å². The Kier molecular flexibility index (Phi) is 18.6. The summed E-state index contributed by atoms with van der Waals surface area (Å²) in [4.78, 5) is 11.7. The first kappa shape index (κ1) is 38.4. The van der Waals surface area contributed by atoms with Crippen LogP contribution in [0.4, 0.5) is 0 Å². The lowest BCUT2D eigenvalue weighted by atomic mass is 10.00. The number of carbonyl (C=O) groups excluding carboxylic acids is 1. The van der Waals surface area contributed by atoms with Crippen LogP contribution in [0.15, 0.2) is 11.6 Å². The zero-order valence-corrected chi connectivity index (χ0v) is 28.5. The first-order valence-corrected chi connectivity index (χ1v) is 18.7. The van der Waals surface area contributed by atoms with E-state index in [0.717, 1.165) is 116 Å². The molecule has 45 heavy (non-hydrogen) atoms. The molecule has 0 aromatic heterocycles. The third kappa shape index (κ3) is 14.7. The van der Waals surface area contributed by atoms with Crippen molar-refractivity contribution in [3.05, 3.63) is 11.6 Å². The highest BCUT2D eigenvalue weighted by molar-refractivity contribution is 5.90. The maximum atomic E-state index is 11.7. The van der Waals surface area contributed by atoms with E-state index in [0.29, 0.717) is 12.0 Å². The van der Waals surface area contributed by atoms with Crippen LogP contribution in [0.2, 0.25) is 0 Å². The summed E-state index contributed by atoms with van der Waals surface area (Å²) in [6.45, 7) is 3.94. The Labute approximate surface area is 273 Å². The Bertz CT molecular complexity index is 833. The minimum absolute atomic E-state index is 0.0254. The SMILES string of the molecule is CCCC(O)CCCCCCC(O)C1CCC(C2CCC(C(O)CCCCCCCCCCC(O)CC3=CC(C)OC3=O)O2)O1. The molecule has 2 fully saturated rings. The number of hydrogen-bond acceptors (Lipinski definition) is 8. The molecular formula is C37H66O8. The van der Waals surface area contributed by atoms with Crippen LogP contribution in [0.1, 0.15) is 162 Å². The summed E-state index contributed by atoms with van der Waals surface area (Å²) in [5.41, 5.74) is 0.612. The highest BCUT2D eigenvalue weighted by atomic mass is 16.6. The topological polar surface area (TPSA) is 126 Å². The molecule has 0 amide bonds. The summed E-state index contributed by atoms with van der Waals surface area (Å²) in [6, 6.07) is 0. The van der Waals surface area contributed by atoms with Gasteiger partial charge in [-0.3, -0.25) is 0 Å². The van der Waals surface area contributed by atoms with Crippen molar-refractivity contribution in [2.45, 2.75) is 216 Å². The van der Waals surface area contributed by atoms with Crippen LogP contribution < -0.4 is 0 Å². The standard InChI is InChI=1S/C37H66O8/c1-3-16-29(38)17-12-10-11-15-20-32(41)34-22-24-36(45-34)35-23-21-33(44-35)31(40)19-14-9-7-5-4-6-8-13-18-30(39)26-28-25-27(2)43-37(28)42/h25,27,29-36,38-41H,3-24,26H2,1-2H3. The van der Waals surface area contributed by atoms with Crippen molar-refractivity contribution in [2.24, 2.45) is 0 Å². The molecule has 0 spiro atoms. The summed E-state index contributed by atoms with van der Waals surface area (Å²) in [6.07, 6.45) is 22.3. The molecule has 0 aromatic rings. The highest BCUT2D eigenvalue weighted by Crippen LogP contribution is 2.34. The van der Waals surface area contributed by atoms with Crippen LogP contribution in [0.3, 0.4) is 0 Å². The van der Waals surface area contributed by atoms with E-state index in [1.54, 1.807) is 0 Å². The monoisotopic (exact) mass is 638 g/mol. The number of aliphatic hydroxyl groups excluding tert-OH is 4. The van der Waals surface area contributed by atoms with Gasteiger partial charge in [-0.15, -0.1) is 0 Å². The molecule has 0 bridgehead atoms. The number of unbranched alkanes of at least 4 members (excludes halogenated alkanes) is 10. The summed E-state index contributed by atoms with van der Waals surface area (Å²) < 4.78 is 17.6. The van der Waals surface area contributed by atoms with Gasteiger partial charge in [-0.05, 0) is 70.8 Å². The van der Waals surface area contributed by atoms with Gasteiger partial charge in [-0.2, -0.15) is 0 Å². The molecule has 3 aliphatic heterocycles. The second kappa shape index (κ2) is 21.8. The van der Waals surface area contributed by atoms with E-state index < -0.39 is 18.3 Å². The maximum Gasteiger partial charge on any atom is 0.334 e. The lowest BCUT2D eigenvalue weighted by Gasteiger charge is -2.24. The van der Waals surface area contributed by atoms with Crippen molar-refractivity contribution >= 4 is 5.97 Å². The molecule has 8 nitrogen and oxygen atoms in total. The summed E-state index contributed by atoms with van der Waals surface area (Å²) in [7, 11) is 0. The molecule has 0 saturated carbocycles. The van der Waals surface area contributed by atoms with Crippen LogP contribution in [0, 0.1) is 0 Å². The summed E-state index contributed by atoms with van der Waals surface area (Å²) in [5, 5.41) is 41.5. The third-order valence-corrected chi connectivity index (χ3v) is 10.1. The molecule has 4 N–H and O–H groups in total. The van der Waals surface area contributed by atoms with E-state index in [9.17, 15) is 25.2 Å². The number of esters is 1. The molecule has 0 aromatic carbocycles. The lowest BCUT2D eigenvalue weighted by Crippen LogP contribution is -2.33. The number of rotatable bonds is 25. The first-order chi connectivity index (χ1) is 21.8. The van der Waals surface area contributed by atoms with E-state index in [1.165, 1.54) is 25.7 Å². The maximum absolute atomic E-state index is 11.7. The number of ether oxygens (including phenoxy) is 3. The van der Waals surface area contributed by atoms with Crippen molar-refractivity contribution < 1.29 is 39.4 Å². The van der Waals surface area contributed by atoms with Crippen molar-refractivity contribution in [2.75, 3.05) is 0 Å². The Hall–Kier alpha value is -1.03. The van der Waals surface area contributed by atoms with Gasteiger partial charge in [0.25, 0.3) is 0 Å². The van der Waals surface area contributed by atoms with Crippen LogP contribution in [0.25, 0.3) is 0 Å². The molecule has 3 rings (SSSR count). The predicted octanol–water partition coefficient (Wildman–Crippen LogP) is 6.83. The summed E-state index contributed by atoms with van der Waals surface area (Å²) >= 11 is 0. The fraction of sp³-hybridized carbons (Fsp3) is 0.919. The van der Waals surface area contributed by atoms with Crippen molar-refractivity contribution in [3.63, 3.8) is 0 Å². The average Bonchev–Trinajstić information content (AvgIpc) is 3.76. The van der Waals surface area contributed by atoms with Crippen LogP contribution in [-0.2, 0) is 19.0 Å². The van der Waals surface area contributed by atoms with Gasteiger partial charge in [0, 0.05) is 12.0 Å². The van der Waals surface area contributed by atoms with E-state index in [1.807, 2.05) is 13.0 Å². The number of aliphatic hydroxyl groups is 4. The van der Waals surface area contributed by atoms with Gasteiger partial charge >= 0.3 is 5.97 Å². The fourth-order valence-corrected chi connectivity index (χ4v) is 7.36. The number of hydrogen-bond donors (Lipinski definition) is 4. The minimum atomic E-state index is -0.470. The second-order valence-electron chi connectivity index (χ2n) is 14.2. The Morgan fingerprint density at radius 1 is 0.644 bits per heavy atom. The molecule has 3 heterocycles. The number of carbonyl (C=O) groups is 1. The van der Waals surface area contributed by atoms with Crippen LogP contribution >= 0.6 is 0 Å². The van der Waals surface area contributed by atoms with Gasteiger partial charge in [0.15, 0.2) is 0 Å². The van der Waals surface area contributed by atoms with Gasteiger partial charge in [0.05, 0.1) is 48.8 Å². The Morgan fingerprint density at radius 3 is 1.53 bits per heavy atom. The Balaban J connectivity index is 1.13. The molecule has 3 aliphatic rings. The van der Waals surface area contributed by atoms with Crippen LogP contribution in [-0.4, -0.2) is 81.3 Å². The van der Waals surface area contributed by atoms with E-state index in [4.69, 9.17) is 14.2 Å². The van der Waals surface area contributed by atoms with Crippen molar-refractivity contribution in [3.8, 4) is 0 Å². The van der Waals surface area contributed by atoms with Crippen LogP contribution in [0.5, 0.6) is 0 Å². The molecule has 9 atom stereocenters. The van der Waals surface area contributed by atoms with E-state index >= 15 is 0 Å². The molecule has 9 unspecified atom stereocenters. The lowest BCUT2D eigenvalue weighted by molar-refractivity contribution is -0.139. The average molecular weight is 639 g/mol. The predicted molar refractivity (Wildman–Crippen MR) is 177 cm³/mol. The molecule has 2 saturated heterocycles. The minimum Gasteiger partial charge on any atom is -0.455 e. The molecule has 0 aliphatic carbocycles. The zero-order chi connectivity index (χ0) is 32.4. The van der Waals surface area contributed by atoms with Gasteiger partial charge < -0.3 is 34.6 Å². The Morgan fingerprint density at radius 2 is 1.09 bits per heavy atom. The highest BCUT2D eigenvalue weighted by Gasteiger charge is 2.40.